The fourth-order valence-corrected chi connectivity index (χ4v) is 2.63. The van der Waals surface area contributed by atoms with Gasteiger partial charge in [-0.25, -0.2) is 8.75 Å². The summed E-state index contributed by atoms with van der Waals surface area (Å²) in [5.74, 6) is 0.629. The number of azo groups is 1. The Balaban J connectivity index is 2.00. The standard InChI is InChI=1S/C15H22N6O4S/c1-12-10-13(19(2)8-5-9-25-26(22,23)24)6-7-14(12)17-18-15-20(3)11-16-21(15)4/h6-7,10-11H,5,8-9H2,1-4H3/p+1. The first-order valence-corrected chi connectivity index (χ1v) is 9.27. The first kappa shape index (κ1) is 19.9. The minimum atomic E-state index is -4.38. The maximum Gasteiger partial charge on any atom is 0.403 e. The number of rotatable bonds is 8. The van der Waals surface area contributed by atoms with E-state index >= 15 is 0 Å². The summed E-state index contributed by atoms with van der Waals surface area (Å²) < 4.78 is 37.3. The van der Waals surface area contributed by atoms with Crippen LogP contribution in [0.3, 0.4) is 0 Å². The van der Waals surface area contributed by atoms with E-state index in [0.29, 0.717) is 18.9 Å². The molecule has 0 aliphatic heterocycles. The van der Waals surface area contributed by atoms with E-state index in [1.165, 1.54) is 0 Å². The number of aromatic nitrogens is 3. The van der Waals surface area contributed by atoms with Crippen molar-refractivity contribution >= 4 is 27.7 Å². The minimum Gasteiger partial charge on any atom is -0.375 e. The lowest BCUT2D eigenvalue weighted by molar-refractivity contribution is -0.659. The average Bonchev–Trinajstić information content (AvgIpc) is 2.88. The summed E-state index contributed by atoms with van der Waals surface area (Å²) in [5.41, 5.74) is 2.66. The Morgan fingerprint density at radius 1 is 1.38 bits per heavy atom. The summed E-state index contributed by atoms with van der Waals surface area (Å²) in [4.78, 5) is 1.96. The maximum atomic E-state index is 10.5. The molecule has 0 aliphatic rings. The molecule has 0 bridgehead atoms. The number of hydrogen-bond acceptors (Lipinski definition) is 7. The van der Waals surface area contributed by atoms with Crippen LogP contribution >= 0.6 is 0 Å². The quantitative estimate of drug-likeness (QED) is 0.321. The van der Waals surface area contributed by atoms with Crippen molar-refractivity contribution in [3.05, 3.63) is 30.1 Å². The molecule has 0 saturated carbocycles. The van der Waals surface area contributed by atoms with Crippen LogP contribution in [0.5, 0.6) is 0 Å². The van der Waals surface area contributed by atoms with E-state index in [4.69, 9.17) is 4.55 Å². The predicted octanol–water partition coefficient (Wildman–Crippen LogP) is 1.61. The second-order valence-corrected chi connectivity index (χ2v) is 6.95. The van der Waals surface area contributed by atoms with Crippen molar-refractivity contribution in [2.45, 2.75) is 13.3 Å². The molecule has 0 spiro atoms. The van der Waals surface area contributed by atoms with E-state index in [9.17, 15) is 8.42 Å². The van der Waals surface area contributed by atoms with Gasteiger partial charge in [-0.05, 0) is 42.2 Å². The highest BCUT2D eigenvalue weighted by atomic mass is 32.3. The summed E-state index contributed by atoms with van der Waals surface area (Å²) in [6, 6.07) is 5.76. The summed E-state index contributed by atoms with van der Waals surface area (Å²) >= 11 is 0. The monoisotopic (exact) mass is 383 g/mol. The van der Waals surface area contributed by atoms with Gasteiger partial charge in [-0.15, -0.1) is 4.68 Å². The summed E-state index contributed by atoms with van der Waals surface area (Å²) in [7, 11) is 1.15. The highest BCUT2D eigenvalue weighted by Gasteiger charge is 2.12. The molecule has 1 aromatic carbocycles. The molecule has 1 heterocycles. The van der Waals surface area contributed by atoms with E-state index in [1.54, 1.807) is 22.6 Å². The third kappa shape index (κ3) is 5.58. The fourth-order valence-electron chi connectivity index (χ4n) is 2.30. The average molecular weight is 383 g/mol. The van der Waals surface area contributed by atoms with Crippen LogP contribution in [0, 0.1) is 6.92 Å². The van der Waals surface area contributed by atoms with Crippen molar-refractivity contribution in [2.75, 3.05) is 25.1 Å². The van der Waals surface area contributed by atoms with Gasteiger partial charge in [-0.2, -0.15) is 8.42 Å². The van der Waals surface area contributed by atoms with Crippen molar-refractivity contribution in [1.82, 2.24) is 9.78 Å². The Kier molecular flexibility index (Phi) is 6.40. The highest BCUT2D eigenvalue weighted by Crippen LogP contribution is 2.25. The van der Waals surface area contributed by atoms with Crippen LogP contribution in [0.1, 0.15) is 12.0 Å². The lowest BCUT2D eigenvalue weighted by Crippen LogP contribution is -2.25. The van der Waals surface area contributed by atoms with E-state index in [-0.39, 0.29) is 6.61 Å². The first-order chi connectivity index (χ1) is 12.2. The second kappa shape index (κ2) is 8.34. The molecule has 11 heteroatoms. The Bertz CT molecular complexity index is 874. The van der Waals surface area contributed by atoms with E-state index in [2.05, 4.69) is 19.5 Å². The molecule has 0 aliphatic carbocycles. The summed E-state index contributed by atoms with van der Waals surface area (Å²) in [5, 5.41) is 12.6. The number of benzene rings is 1. The zero-order valence-corrected chi connectivity index (χ0v) is 16.0. The molecule has 1 aromatic heterocycles. The molecule has 0 atom stereocenters. The van der Waals surface area contributed by atoms with Crippen LogP contribution in [-0.4, -0.2) is 43.0 Å². The molecular formula is C15H23N6O4S+. The van der Waals surface area contributed by atoms with Gasteiger partial charge in [0.05, 0.1) is 20.7 Å². The van der Waals surface area contributed by atoms with E-state index in [0.717, 1.165) is 16.9 Å². The molecule has 0 amide bonds. The number of nitrogens with zero attached hydrogens (tertiary/aromatic N) is 6. The largest absolute Gasteiger partial charge is 0.403 e. The summed E-state index contributed by atoms with van der Waals surface area (Å²) in [6.07, 6.45) is 2.11. The maximum absolute atomic E-state index is 10.5. The fraction of sp³-hybridized carbons (Fsp3) is 0.467. The molecule has 26 heavy (non-hydrogen) atoms. The lowest BCUT2D eigenvalue weighted by Gasteiger charge is -2.19. The van der Waals surface area contributed by atoms with Crippen LogP contribution in [0.4, 0.5) is 17.3 Å². The van der Waals surface area contributed by atoms with Crippen molar-refractivity contribution in [3.8, 4) is 0 Å². The molecule has 2 rings (SSSR count). The summed E-state index contributed by atoms with van der Waals surface area (Å²) in [6.45, 7) is 2.44. The van der Waals surface area contributed by atoms with Gasteiger partial charge in [-0.1, -0.05) is 5.11 Å². The van der Waals surface area contributed by atoms with Crippen molar-refractivity contribution < 1.29 is 21.7 Å². The molecule has 142 valence electrons. The minimum absolute atomic E-state index is 0.0732. The lowest BCUT2D eigenvalue weighted by atomic mass is 10.1. The number of hydrogen-bond donors (Lipinski definition) is 1. The van der Waals surface area contributed by atoms with E-state index in [1.807, 2.05) is 44.1 Å². The molecule has 10 nitrogen and oxygen atoms in total. The zero-order chi connectivity index (χ0) is 19.3. The van der Waals surface area contributed by atoms with Crippen LogP contribution < -0.4 is 9.47 Å². The third-order valence-corrected chi connectivity index (χ3v) is 4.21. The van der Waals surface area contributed by atoms with Gasteiger partial charge in [0.15, 0.2) is 0 Å². The third-order valence-electron chi connectivity index (χ3n) is 3.74. The normalized spacial score (nSPS) is 12.0. The molecule has 0 saturated heterocycles. The van der Waals surface area contributed by atoms with Gasteiger partial charge in [0.2, 0.25) is 6.33 Å². The highest BCUT2D eigenvalue weighted by molar-refractivity contribution is 7.80. The van der Waals surface area contributed by atoms with Crippen molar-refractivity contribution in [2.24, 2.45) is 24.3 Å². The van der Waals surface area contributed by atoms with Gasteiger partial charge in [-0.3, -0.25) is 4.55 Å². The molecule has 0 unspecified atom stereocenters. The van der Waals surface area contributed by atoms with Crippen LogP contribution in [0.15, 0.2) is 34.8 Å². The molecular weight excluding hydrogens is 360 g/mol. The van der Waals surface area contributed by atoms with Crippen molar-refractivity contribution in [3.63, 3.8) is 0 Å². The number of aryl methyl sites for hydroxylation is 3. The van der Waals surface area contributed by atoms with Gasteiger partial charge in [0, 0.05) is 24.4 Å². The Morgan fingerprint density at radius 3 is 2.69 bits per heavy atom. The first-order valence-electron chi connectivity index (χ1n) is 7.90. The second-order valence-electron chi connectivity index (χ2n) is 5.86. The molecule has 1 N–H and O–H groups in total. The molecule has 0 radical (unpaired) electrons. The van der Waals surface area contributed by atoms with Gasteiger partial charge in [0.25, 0.3) is 0 Å². The molecule has 0 fully saturated rings. The molecule has 2 aromatic rings. The van der Waals surface area contributed by atoms with Crippen molar-refractivity contribution in [1.29, 1.82) is 0 Å². The van der Waals surface area contributed by atoms with Crippen LogP contribution in [-0.2, 0) is 28.7 Å². The van der Waals surface area contributed by atoms with Crippen LogP contribution in [0.25, 0.3) is 0 Å². The smallest absolute Gasteiger partial charge is 0.375 e. The van der Waals surface area contributed by atoms with Crippen LogP contribution in [0.2, 0.25) is 0 Å². The predicted molar refractivity (Wildman–Crippen MR) is 95.1 cm³/mol. The SMILES string of the molecule is Cc1cc(N(C)CCCOS(=O)(=O)O)ccc1N=Nc1n(C)nc[n+]1C. The Hall–Kier alpha value is -2.37. The number of anilines is 1. The Labute approximate surface area is 152 Å². The van der Waals surface area contributed by atoms with Gasteiger partial charge >= 0.3 is 16.3 Å². The van der Waals surface area contributed by atoms with Gasteiger partial charge in [0.1, 0.15) is 5.69 Å². The van der Waals surface area contributed by atoms with Gasteiger partial charge < -0.3 is 4.90 Å². The Morgan fingerprint density at radius 2 is 2.12 bits per heavy atom. The van der Waals surface area contributed by atoms with E-state index < -0.39 is 10.4 Å². The zero-order valence-electron chi connectivity index (χ0n) is 15.2. The topological polar surface area (TPSA) is 113 Å².